The molecule has 4 rings (SSSR count). The molecule has 4 fully saturated rings. The van der Waals surface area contributed by atoms with E-state index in [0.29, 0.717) is 24.8 Å². The molecular formula is C24H38O7. The minimum atomic E-state index is -1.15. The molecule has 2 saturated heterocycles. The molecule has 2 heterocycles. The number of esters is 1. The fraction of sp³-hybridized carbons (Fsp3) is 0.875. The Bertz CT molecular complexity index is 632. The van der Waals surface area contributed by atoms with Gasteiger partial charge < -0.3 is 28.8 Å². The first-order chi connectivity index (χ1) is 14.9. The van der Waals surface area contributed by atoms with Gasteiger partial charge in [0.2, 0.25) is 0 Å². The highest BCUT2D eigenvalue weighted by atomic mass is 16.8. The van der Waals surface area contributed by atoms with Crippen molar-refractivity contribution in [2.24, 2.45) is 0 Å². The van der Waals surface area contributed by atoms with Gasteiger partial charge in [-0.15, -0.1) is 0 Å². The second kappa shape index (κ2) is 9.87. The molecule has 4 aliphatic rings. The number of aliphatic hydroxyl groups is 1. The molecule has 2 aliphatic heterocycles. The van der Waals surface area contributed by atoms with Crippen LogP contribution in [0.15, 0.2) is 12.2 Å². The normalized spacial score (nSPS) is 35.0. The Hall–Kier alpha value is -0.990. The summed E-state index contributed by atoms with van der Waals surface area (Å²) < 4.78 is 30.8. The summed E-state index contributed by atoms with van der Waals surface area (Å²) in [5.41, 5.74) is 0.354. The molecule has 0 radical (unpaired) electrons. The SMILES string of the molecule is C=C(C)C(=O)OCC1CC(OC2(O)CCCCCC2)C2OC3(CCCCCC3)OC2O1. The van der Waals surface area contributed by atoms with Crippen molar-refractivity contribution in [1.82, 2.24) is 0 Å². The first kappa shape index (κ1) is 23.2. The predicted molar refractivity (Wildman–Crippen MR) is 113 cm³/mol. The zero-order valence-electron chi connectivity index (χ0n) is 18.8. The number of carbonyl (C=O) groups is 1. The summed E-state index contributed by atoms with van der Waals surface area (Å²) in [7, 11) is 0. The molecule has 1 spiro atoms. The third kappa shape index (κ3) is 5.69. The molecule has 0 aromatic heterocycles. The second-order valence-corrected chi connectivity index (χ2v) is 9.78. The van der Waals surface area contributed by atoms with E-state index >= 15 is 0 Å². The van der Waals surface area contributed by atoms with E-state index in [1.807, 2.05) is 0 Å². The van der Waals surface area contributed by atoms with Gasteiger partial charge in [-0.05, 0) is 32.6 Å². The quantitative estimate of drug-likeness (QED) is 0.299. The van der Waals surface area contributed by atoms with Gasteiger partial charge in [-0.2, -0.15) is 0 Å². The lowest BCUT2D eigenvalue weighted by Gasteiger charge is -2.40. The van der Waals surface area contributed by atoms with Gasteiger partial charge in [-0.3, -0.25) is 0 Å². The van der Waals surface area contributed by atoms with Crippen LogP contribution in [0, 0.1) is 0 Å². The predicted octanol–water partition coefficient (Wildman–Crippen LogP) is 4.11. The van der Waals surface area contributed by atoms with Crippen molar-refractivity contribution in [3.05, 3.63) is 12.2 Å². The number of rotatable bonds is 5. The largest absolute Gasteiger partial charge is 0.460 e. The summed E-state index contributed by atoms with van der Waals surface area (Å²) in [6, 6.07) is 0. The van der Waals surface area contributed by atoms with Crippen molar-refractivity contribution < 1.29 is 33.6 Å². The Balaban J connectivity index is 1.48. The number of ether oxygens (including phenoxy) is 5. The van der Waals surface area contributed by atoms with Gasteiger partial charge in [-0.25, -0.2) is 4.79 Å². The lowest BCUT2D eigenvalue weighted by atomic mass is 10.0. The van der Waals surface area contributed by atoms with E-state index in [1.54, 1.807) is 6.92 Å². The van der Waals surface area contributed by atoms with E-state index in [-0.39, 0.29) is 18.8 Å². The van der Waals surface area contributed by atoms with Crippen molar-refractivity contribution in [2.45, 2.75) is 127 Å². The van der Waals surface area contributed by atoms with E-state index in [1.165, 1.54) is 12.8 Å². The average molecular weight is 439 g/mol. The van der Waals surface area contributed by atoms with E-state index in [2.05, 4.69) is 6.58 Å². The first-order valence-corrected chi connectivity index (χ1v) is 12.1. The van der Waals surface area contributed by atoms with Crippen LogP contribution < -0.4 is 0 Å². The fourth-order valence-electron chi connectivity index (χ4n) is 5.30. The number of hydrogen-bond donors (Lipinski definition) is 1. The first-order valence-electron chi connectivity index (χ1n) is 12.1. The molecule has 7 heteroatoms. The van der Waals surface area contributed by atoms with Gasteiger partial charge in [0.05, 0.1) is 12.2 Å². The van der Waals surface area contributed by atoms with E-state index in [0.717, 1.165) is 51.4 Å². The van der Waals surface area contributed by atoms with Gasteiger partial charge in [0.1, 0.15) is 12.7 Å². The summed E-state index contributed by atoms with van der Waals surface area (Å²) in [5.74, 6) is -2.22. The molecule has 0 aromatic rings. The van der Waals surface area contributed by atoms with Crippen LogP contribution in [0.4, 0.5) is 0 Å². The molecule has 2 saturated carbocycles. The summed E-state index contributed by atoms with van der Waals surface area (Å²) in [6.07, 6.45) is 10.3. The van der Waals surface area contributed by atoms with Crippen molar-refractivity contribution in [3.8, 4) is 0 Å². The smallest absolute Gasteiger partial charge is 0.333 e. The van der Waals surface area contributed by atoms with Gasteiger partial charge in [-0.1, -0.05) is 32.3 Å². The monoisotopic (exact) mass is 438 g/mol. The average Bonchev–Trinajstić information content (AvgIpc) is 2.86. The van der Waals surface area contributed by atoms with Gasteiger partial charge in [0, 0.05) is 37.7 Å². The fourth-order valence-corrected chi connectivity index (χ4v) is 5.30. The van der Waals surface area contributed by atoms with Crippen LogP contribution in [-0.4, -0.2) is 53.9 Å². The summed E-state index contributed by atoms with van der Waals surface area (Å²) in [4.78, 5) is 11.9. The van der Waals surface area contributed by atoms with Gasteiger partial charge in [0.15, 0.2) is 17.9 Å². The zero-order valence-corrected chi connectivity index (χ0v) is 18.8. The third-order valence-corrected chi connectivity index (χ3v) is 7.01. The van der Waals surface area contributed by atoms with Crippen LogP contribution in [0.2, 0.25) is 0 Å². The third-order valence-electron chi connectivity index (χ3n) is 7.01. The Labute approximate surface area is 185 Å². The highest BCUT2D eigenvalue weighted by molar-refractivity contribution is 5.86. The summed E-state index contributed by atoms with van der Waals surface area (Å²) in [5, 5.41) is 11.2. The van der Waals surface area contributed by atoms with Gasteiger partial charge in [0.25, 0.3) is 0 Å². The molecule has 0 bridgehead atoms. The molecule has 1 N–H and O–H groups in total. The van der Waals surface area contributed by atoms with Crippen LogP contribution in [0.5, 0.6) is 0 Å². The maximum Gasteiger partial charge on any atom is 0.333 e. The molecule has 7 nitrogen and oxygen atoms in total. The standard InChI is InChI=1S/C24H38O7/c1-17(2)21(25)27-16-18-15-19(29-23(26)11-7-3-4-8-12-23)20-22(28-18)31-24(30-20)13-9-5-6-10-14-24/h18-20,22,26H,1,3-16H2,2H3. The van der Waals surface area contributed by atoms with Crippen LogP contribution in [0.1, 0.15) is 90.4 Å². The number of fused-ring (bicyclic) bond motifs is 1. The van der Waals surface area contributed by atoms with E-state index in [4.69, 9.17) is 23.7 Å². The highest BCUT2D eigenvalue weighted by Crippen LogP contribution is 2.45. The Morgan fingerprint density at radius 2 is 1.61 bits per heavy atom. The Morgan fingerprint density at radius 1 is 1.00 bits per heavy atom. The van der Waals surface area contributed by atoms with Crippen molar-refractivity contribution in [3.63, 3.8) is 0 Å². The van der Waals surface area contributed by atoms with Crippen LogP contribution >= 0.6 is 0 Å². The number of hydrogen-bond acceptors (Lipinski definition) is 7. The van der Waals surface area contributed by atoms with Crippen molar-refractivity contribution in [2.75, 3.05) is 6.61 Å². The highest BCUT2D eigenvalue weighted by Gasteiger charge is 2.55. The summed E-state index contributed by atoms with van der Waals surface area (Å²) in [6.45, 7) is 5.35. The molecule has 31 heavy (non-hydrogen) atoms. The Kier molecular flexibility index (Phi) is 7.38. The molecule has 4 unspecified atom stereocenters. The lowest BCUT2D eigenvalue weighted by Crippen LogP contribution is -2.52. The molecule has 2 aliphatic carbocycles. The molecule has 176 valence electrons. The Morgan fingerprint density at radius 3 is 2.23 bits per heavy atom. The maximum atomic E-state index is 11.9. The van der Waals surface area contributed by atoms with Crippen LogP contribution in [0.3, 0.4) is 0 Å². The summed E-state index contributed by atoms with van der Waals surface area (Å²) >= 11 is 0. The molecule has 0 aromatic carbocycles. The van der Waals surface area contributed by atoms with Crippen molar-refractivity contribution >= 4 is 5.97 Å². The van der Waals surface area contributed by atoms with E-state index < -0.39 is 29.9 Å². The number of carbonyl (C=O) groups excluding carboxylic acids is 1. The van der Waals surface area contributed by atoms with E-state index in [9.17, 15) is 9.90 Å². The van der Waals surface area contributed by atoms with Crippen LogP contribution in [0.25, 0.3) is 0 Å². The van der Waals surface area contributed by atoms with Crippen LogP contribution in [-0.2, 0) is 28.5 Å². The van der Waals surface area contributed by atoms with Gasteiger partial charge >= 0.3 is 5.97 Å². The minimum absolute atomic E-state index is 0.101. The second-order valence-electron chi connectivity index (χ2n) is 9.78. The maximum absolute atomic E-state index is 11.9. The topological polar surface area (TPSA) is 83.5 Å². The molecular weight excluding hydrogens is 400 g/mol. The molecule has 4 atom stereocenters. The zero-order chi connectivity index (χ0) is 21.9. The molecule has 0 amide bonds. The minimum Gasteiger partial charge on any atom is -0.460 e. The van der Waals surface area contributed by atoms with Crippen molar-refractivity contribution in [1.29, 1.82) is 0 Å². The lowest BCUT2D eigenvalue weighted by molar-refractivity contribution is -0.290.